The predicted molar refractivity (Wildman–Crippen MR) is 106 cm³/mol. The van der Waals surface area contributed by atoms with Crippen LogP contribution in [-0.4, -0.2) is 19.7 Å². The lowest BCUT2D eigenvalue weighted by atomic mass is 10.1. The van der Waals surface area contributed by atoms with Crippen molar-refractivity contribution in [2.75, 3.05) is 5.32 Å². The van der Waals surface area contributed by atoms with Gasteiger partial charge in [0.15, 0.2) is 10.3 Å². The van der Waals surface area contributed by atoms with Gasteiger partial charge in [-0.15, -0.1) is 0 Å². The fraction of sp³-hybridized carbons (Fsp3) is 0.0526. The molecule has 0 saturated carbocycles. The molecule has 1 aromatic carbocycles. The molecule has 8 heteroatoms. The van der Waals surface area contributed by atoms with Crippen LogP contribution in [0.4, 0.5) is 5.13 Å². The van der Waals surface area contributed by atoms with Crippen molar-refractivity contribution >= 4 is 28.1 Å². The Labute approximate surface area is 164 Å². The second-order valence-corrected chi connectivity index (χ2v) is 6.98. The first-order chi connectivity index (χ1) is 13.2. The monoisotopic (exact) mass is 392 g/mol. The summed E-state index contributed by atoms with van der Waals surface area (Å²) in [5.74, 6) is 0. The van der Waals surface area contributed by atoms with Gasteiger partial charge >= 0.3 is 0 Å². The molecule has 0 bridgehead atoms. The van der Waals surface area contributed by atoms with E-state index in [0.717, 1.165) is 22.5 Å². The second kappa shape index (κ2) is 7.58. The number of rotatable bonds is 5. The number of benzene rings is 1. The molecule has 0 amide bonds. The Bertz CT molecular complexity index is 1100. The van der Waals surface area contributed by atoms with E-state index in [1.165, 1.54) is 11.3 Å². The van der Waals surface area contributed by atoms with Crippen molar-refractivity contribution in [3.05, 3.63) is 76.6 Å². The molecule has 0 aliphatic rings. The highest BCUT2D eigenvalue weighted by molar-refractivity contribution is 7.16. The van der Waals surface area contributed by atoms with Gasteiger partial charge in [0, 0.05) is 36.3 Å². The van der Waals surface area contributed by atoms with Gasteiger partial charge in [-0.2, -0.15) is 10.4 Å². The van der Waals surface area contributed by atoms with E-state index < -0.39 is 0 Å². The standard InChI is InChI=1S/C19H13ClN6S/c20-18-16(10-21)27-19(24-18)23-11-14-12-26(15-4-2-1-3-5-15)25-17(14)13-6-8-22-9-7-13/h1-9,12H,11H2,(H,23,24). The maximum Gasteiger partial charge on any atom is 0.185 e. The lowest BCUT2D eigenvalue weighted by Crippen LogP contribution is -1.99. The van der Waals surface area contributed by atoms with Crippen molar-refractivity contribution in [3.8, 4) is 23.0 Å². The van der Waals surface area contributed by atoms with E-state index in [9.17, 15) is 0 Å². The molecule has 4 aromatic rings. The summed E-state index contributed by atoms with van der Waals surface area (Å²) >= 11 is 7.18. The van der Waals surface area contributed by atoms with Gasteiger partial charge in [-0.25, -0.2) is 9.67 Å². The Morgan fingerprint density at radius 2 is 1.93 bits per heavy atom. The number of anilines is 1. The van der Waals surface area contributed by atoms with Crippen molar-refractivity contribution in [1.82, 2.24) is 19.7 Å². The molecule has 27 heavy (non-hydrogen) atoms. The molecule has 0 aliphatic heterocycles. The largest absolute Gasteiger partial charge is 0.357 e. The van der Waals surface area contributed by atoms with E-state index in [-0.39, 0.29) is 5.15 Å². The van der Waals surface area contributed by atoms with Crippen molar-refractivity contribution < 1.29 is 0 Å². The van der Waals surface area contributed by atoms with Crippen LogP contribution in [0.15, 0.2) is 61.1 Å². The van der Waals surface area contributed by atoms with Crippen LogP contribution in [0.3, 0.4) is 0 Å². The molecule has 6 nitrogen and oxygen atoms in total. The van der Waals surface area contributed by atoms with Gasteiger partial charge in [0.2, 0.25) is 0 Å². The first-order valence-electron chi connectivity index (χ1n) is 8.09. The number of pyridine rings is 1. The number of para-hydroxylation sites is 1. The molecular formula is C19H13ClN6S. The Kier molecular flexibility index (Phi) is 4.83. The predicted octanol–water partition coefficient (Wildman–Crippen LogP) is 4.53. The average Bonchev–Trinajstić information content (AvgIpc) is 3.31. The van der Waals surface area contributed by atoms with Gasteiger partial charge in [-0.1, -0.05) is 41.1 Å². The molecule has 0 radical (unpaired) electrons. The van der Waals surface area contributed by atoms with Crippen LogP contribution in [-0.2, 0) is 6.54 Å². The Morgan fingerprint density at radius 1 is 1.15 bits per heavy atom. The third-order valence-electron chi connectivity index (χ3n) is 3.88. The zero-order chi connectivity index (χ0) is 18.6. The number of halogens is 1. The van der Waals surface area contributed by atoms with Crippen LogP contribution in [0.25, 0.3) is 16.9 Å². The minimum absolute atomic E-state index is 0.222. The van der Waals surface area contributed by atoms with E-state index in [0.29, 0.717) is 16.6 Å². The summed E-state index contributed by atoms with van der Waals surface area (Å²) in [6.45, 7) is 0.499. The highest BCUT2D eigenvalue weighted by Crippen LogP contribution is 2.28. The lowest BCUT2D eigenvalue weighted by Gasteiger charge is -2.03. The fourth-order valence-corrected chi connectivity index (χ4v) is 3.56. The highest BCUT2D eigenvalue weighted by atomic mass is 35.5. The minimum Gasteiger partial charge on any atom is -0.357 e. The normalized spacial score (nSPS) is 10.5. The van der Waals surface area contributed by atoms with Crippen LogP contribution in [0, 0.1) is 11.3 Å². The molecule has 0 unspecified atom stereocenters. The molecule has 0 aliphatic carbocycles. The molecule has 4 rings (SSSR count). The van der Waals surface area contributed by atoms with Crippen molar-refractivity contribution in [3.63, 3.8) is 0 Å². The summed E-state index contributed by atoms with van der Waals surface area (Å²) in [5, 5.41) is 17.8. The highest BCUT2D eigenvalue weighted by Gasteiger charge is 2.14. The summed E-state index contributed by atoms with van der Waals surface area (Å²) in [5.41, 5.74) is 3.81. The molecule has 0 saturated heterocycles. The van der Waals surface area contributed by atoms with Gasteiger partial charge in [0.05, 0.1) is 11.4 Å². The van der Waals surface area contributed by atoms with Gasteiger partial charge in [-0.05, 0) is 24.3 Å². The van der Waals surface area contributed by atoms with Gasteiger partial charge in [0.25, 0.3) is 0 Å². The Hall–Kier alpha value is -3.21. The Morgan fingerprint density at radius 3 is 2.63 bits per heavy atom. The fourth-order valence-electron chi connectivity index (χ4n) is 2.62. The molecular weight excluding hydrogens is 380 g/mol. The van der Waals surface area contributed by atoms with Crippen molar-refractivity contribution in [2.45, 2.75) is 6.54 Å². The van der Waals surface area contributed by atoms with E-state index in [1.807, 2.05) is 59.4 Å². The number of nitriles is 1. The minimum atomic E-state index is 0.222. The molecule has 0 atom stereocenters. The topological polar surface area (TPSA) is 79.4 Å². The average molecular weight is 393 g/mol. The maximum absolute atomic E-state index is 9.03. The third-order valence-corrected chi connectivity index (χ3v) is 5.19. The first kappa shape index (κ1) is 17.2. The van der Waals surface area contributed by atoms with E-state index in [2.05, 4.69) is 15.3 Å². The van der Waals surface area contributed by atoms with Crippen LogP contribution in [0.2, 0.25) is 5.15 Å². The number of aromatic nitrogens is 4. The molecule has 132 valence electrons. The lowest BCUT2D eigenvalue weighted by molar-refractivity contribution is 0.883. The van der Waals surface area contributed by atoms with E-state index in [1.54, 1.807) is 12.4 Å². The Balaban J connectivity index is 1.67. The summed E-state index contributed by atoms with van der Waals surface area (Å²) in [4.78, 5) is 8.65. The number of nitrogens with zero attached hydrogens (tertiary/aromatic N) is 5. The van der Waals surface area contributed by atoms with Crippen molar-refractivity contribution in [1.29, 1.82) is 5.26 Å². The van der Waals surface area contributed by atoms with Crippen LogP contribution >= 0.6 is 22.9 Å². The van der Waals surface area contributed by atoms with Crippen molar-refractivity contribution in [2.24, 2.45) is 0 Å². The zero-order valence-electron chi connectivity index (χ0n) is 14.0. The van der Waals surface area contributed by atoms with Crippen LogP contribution in [0.5, 0.6) is 0 Å². The second-order valence-electron chi connectivity index (χ2n) is 5.62. The van der Waals surface area contributed by atoms with E-state index >= 15 is 0 Å². The number of hydrogen-bond donors (Lipinski definition) is 1. The number of hydrogen-bond acceptors (Lipinski definition) is 6. The first-order valence-corrected chi connectivity index (χ1v) is 9.28. The summed E-state index contributed by atoms with van der Waals surface area (Å²) in [7, 11) is 0. The molecule has 3 aromatic heterocycles. The molecule has 0 fully saturated rings. The summed E-state index contributed by atoms with van der Waals surface area (Å²) < 4.78 is 1.85. The SMILES string of the molecule is N#Cc1sc(NCc2cn(-c3ccccc3)nc2-c2ccncc2)nc1Cl. The third kappa shape index (κ3) is 3.67. The van der Waals surface area contributed by atoms with Gasteiger partial charge in [0.1, 0.15) is 10.9 Å². The van der Waals surface area contributed by atoms with E-state index in [4.69, 9.17) is 22.0 Å². The summed E-state index contributed by atoms with van der Waals surface area (Å²) in [6, 6.07) is 15.8. The molecule has 0 spiro atoms. The molecule has 3 heterocycles. The van der Waals surface area contributed by atoms with Gasteiger partial charge in [-0.3, -0.25) is 4.98 Å². The summed E-state index contributed by atoms with van der Waals surface area (Å²) in [6.07, 6.45) is 5.47. The van der Waals surface area contributed by atoms with Crippen LogP contribution in [0.1, 0.15) is 10.4 Å². The smallest absolute Gasteiger partial charge is 0.185 e. The van der Waals surface area contributed by atoms with Gasteiger partial charge < -0.3 is 5.32 Å². The number of nitrogens with one attached hydrogen (secondary N) is 1. The number of thiazole rings is 1. The van der Waals surface area contributed by atoms with Crippen LogP contribution < -0.4 is 5.32 Å². The molecule has 1 N–H and O–H groups in total. The quantitative estimate of drug-likeness (QED) is 0.539. The zero-order valence-corrected chi connectivity index (χ0v) is 15.6. The maximum atomic E-state index is 9.03.